The zero-order valence-electron chi connectivity index (χ0n) is 10.9. The third-order valence-corrected chi connectivity index (χ3v) is 3.49. The van der Waals surface area contributed by atoms with E-state index < -0.39 is 0 Å². The highest BCUT2D eigenvalue weighted by molar-refractivity contribution is 9.10. The van der Waals surface area contributed by atoms with Crippen LogP contribution in [-0.4, -0.2) is 19.7 Å². The van der Waals surface area contributed by atoms with Gasteiger partial charge in [0.1, 0.15) is 10.3 Å². The molecular weight excluding hydrogens is 310 g/mol. The molecule has 0 fully saturated rings. The number of nitrogens with zero attached hydrogens (tertiary/aromatic N) is 3. The molecule has 7 heteroatoms. The van der Waals surface area contributed by atoms with Crippen LogP contribution in [0.25, 0.3) is 0 Å². The molecule has 2 N–H and O–H groups in total. The van der Waals surface area contributed by atoms with Crippen LogP contribution in [0.1, 0.15) is 32.1 Å². The lowest BCUT2D eigenvalue weighted by atomic mass is 10.3. The molecule has 2 aromatic rings. The van der Waals surface area contributed by atoms with E-state index in [-0.39, 0.29) is 11.6 Å². The number of halogens is 1. The van der Waals surface area contributed by atoms with E-state index in [9.17, 15) is 4.79 Å². The van der Waals surface area contributed by atoms with Crippen molar-refractivity contribution in [2.24, 2.45) is 0 Å². The Hall–Kier alpha value is -1.63. The highest BCUT2D eigenvalue weighted by Crippen LogP contribution is 2.21. The van der Waals surface area contributed by atoms with Gasteiger partial charge in [-0.3, -0.25) is 4.79 Å². The summed E-state index contributed by atoms with van der Waals surface area (Å²) >= 11 is 3.33. The fourth-order valence-electron chi connectivity index (χ4n) is 1.75. The lowest BCUT2D eigenvalue weighted by Crippen LogP contribution is -2.25. The molecule has 0 aromatic carbocycles. The van der Waals surface area contributed by atoms with Crippen molar-refractivity contribution in [1.29, 1.82) is 0 Å². The second kappa shape index (κ2) is 6.01. The normalized spacial score (nSPS) is 12.4. The minimum absolute atomic E-state index is 0.0328. The maximum absolute atomic E-state index is 12.0. The largest absolute Gasteiger partial charge is 0.373 e. The molecule has 19 heavy (non-hydrogen) atoms. The maximum atomic E-state index is 12.0. The first-order valence-electron chi connectivity index (χ1n) is 6.15. The molecule has 2 heterocycles. The zero-order chi connectivity index (χ0) is 13.8. The molecular formula is C12H16BrN5O. The Labute approximate surface area is 119 Å². The first-order valence-corrected chi connectivity index (χ1v) is 6.94. The van der Waals surface area contributed by atoms with Crippen molar-refractivity contribution >= 4 is 21.6 Å². The molecule has 0 aliphatic rings. The number of hydrogen-bond donors (Lipinski definition) is 2. The van der Waals surface area contributed by atoms with E-state index in [2.05, 4.69) is 36.3 Å². The van der Waals surface area contributed by atoms with Gasteiger partial charge >= 0.3 is 0 Å². The van der Waals surface area contributed by atoms with Crippen LogP contribution in [0.4, 0.5) is 5.69 Å². The van der Waals surface area contributed by atoms with Gasteiger partial charge in [0.15, 0.2) is 0 Å². The van der Waals surface area contributed by atoms with Crippen molar-refractivity contribution in [3.05, 3.63) is 39.2 Å². The molecule has 102 valence electrons. The molecule has 1 atom stereocenters. The van der Waals surface area contributed by atoms with Crippen molar-refractivity contribution < 1.29 is 0 Å². The summed E-state index contributed by atoms with van der Waals surface area (Å²) in [7, 11) is 0. The van der Waals surface area contributed by atoms with Crippen molar-refractivity contribution in [2.45, 2.75) is 32.9 Å². The fraction of sp³-hybridized carbons (Fsp3) is 0.417. The molecule has 0 spiro atoms. The highest BCUT2D eigenvalue weighted by Gasteiger charge is 2.13. The lowest BCUT2D eigenvalue weighted by Gasteiger charge is -2.14. The molecule has 0 saturated heterocycles. The van der Waals surface area contributed by atoms with E-state index in [1.54, 1.807) is 18.6 Å². The molecule has 0 amide bonds. The predicted octanol–water partition coefficient (Wildman–Crippen LogP) is 2.31. The van der Waals surface area contributed by atoms with Crippen LogP contribution in [0, 0.1) is 0 Å². The topological polar surface area (TPSA) is 75.6 Å². The number of nitrogens with one attached hydrogen (secondary N) is 2. The van der Waals surface area contributed by atoms with Crippen LogP contribution in [0.5, 0.6) is 0 Å². The summed E-state index contributed by atoms with van der Waals surface area (Å²) < 4.78 is 1.95. The lowest BCUT2D eigenvalue weighted by molar-refractivity contribution is 0.565. The van der Waals surface area contributed by atoms with E-state index in [0.29, 0.717) is 16.7 Å². The van der Waals surface area contributed by atoms with Crippen LogP contribution in [0.2, 0.25) is 0 Å². The predicted molar refractivity (Wildman–Crippen MR) is 77.1 cm³/mol. The second-order valence-electron chi connectivity index (χ2n) is 4.24. The van der Waals surface area contributed by atoms with Gasteiger partial charge in [-0.2, -0.15) is 5.10 Å². The quantitative estimate of drug-likeness (QED) is 0.884. The molecule has 0 aliphatic heterocycles. The summed E-state index contributed by atoms with van der Waals surface area (Å²) in [5.74, 6) is 0.810. The van der Waals surface area contributed by atoms with E-state index in [0.717, 1.165) is 12.2 Å². The van der Waals surface area contributed by atoms with Gasteiger partial charge in [0, 0.05) is 18.9 Å². The Morgan fingerprint density at radius 3 is 3.00 bits per heavy atom. The fourth-order valence-corrected chi connectivity index (χ4v) is 2.17. The van der Waals surface area contributed by atoms with Gasteiger partial charge in [0.05, 0.1) is 17.9 Å². The smallest absolute Gasteiger partial charge is 0.283 e. The van der Waals surface area contributed by atoms with E-state index in [1.807, 2.05) is 13.8 Å². The SMILES string of the molecule is CCCn1ncc(NC(C)c2ncc[nH]2)c(Br)c1=O. The number of anilines is 1. The van der Waals surface area contributed by atoms with Crippen molar-refractivity contribution in [3.63, 3.8) is 0 Å². The Morgan fingerprint density at radius 1 is 1.58 bits per heavy atom. The molecule has 2 rings (SSSR count). The molecule has 0 radical (unpaired) electrons. The highest BCUT2D eigenvalue weighted by atomic mass is 79.9. The number of H-pyrrole nitrogens is 1. The number of imidazole rings is 1. The summed E-state index contributed by atoms with van der Waals surface area (Å²) in [6.45, 7) is 4.58. The van der Waals surface area contributed by atoms with Gasteiger partial charge in [-0.05, 0) is 29.3 Å². The van der Waals surface area contributed by atoms with Gasteiger partial charge < -0.3 is 10.3 Å². The third kappa shape index (κ3) is 3.04. The van der Waals surface area contributed by atoms with Gasteiger partial charge in [-0.25, -0.2) is 9.67 Å². The average Bonchev–Trinajstić information content (AvgIpc) is 2.92. The minimum Gasteiger partial charge on any atom is -0.373 e. The molecule has 0 bridgehead atoms. The number of hydrogen-bond acceptors (Lipinski definition) is 4. The van der Waals surface area contributed by atoms with Gasteiger partial charge in [0.2, 0.25) is 0 Å². The van der Waals surface area contributed by atoms with Crippen LogP contribution in [0.15, 0.2) is 27.9 Å². The third-order valence-electron chi connectivity index (χ3n) is 2.72. The van der Waals surface area contributed by atoms with Gasteiger partial charge in [-0.15, -0.1) is 0 Å². The number of aryl methyl sites for hydroxylation is 1. The summed E-state index contributed by atoms with van der Waals surface area (Å²) in [6.07, 6.45) is 5.98. The summed E-state index contributed by atoms with van der Waals surface area (Å²) in [5.41, 5.74) is 0.541. The van der Waals surface area contributed by atoms with Crippen LogP contribution in [0.3, 0.4) is 0 Å². The minimum atomic E-state index is -0.126. The monoisotopic (exact) mass is 325 g/mol. The Kier molecular flexibility index (Phi) is 4.36. The Balaban J connectivity index is 2.22. The summed E-state index contributed by atoms with van der Waals surface area (Å²) in [5, 5.41) is 7.35. The van der Waals surface area contributed by atoms with Gasteiger partial charge in [0.25, 0.3) is 5.56 Å². The standard InChI is InChI=1S/C12H16BrN5O/c1-3-6-18-12(19)10(13)9(7-16-18)17-8(2)11-14-4-5-15-11/h4-5,7-8,17H,3,6H2,1-2H3,(H,14,15). The van der Waals surface area contributed by atoms with E-state index in [1.165, 1.54) is 4.68 Å². The summed E-state index contributed by atoms with van der Waals surface area (Å²) in [4.78, 5) is 19.2. The van der Waals surface area contributed by atoms with Crippen LogP contribution in [-0.2, 0) is 6.54 Å². The maximum Gasteiger partial charge on any atom is 0.283 e. The van der Waals surface area contributed by atoms with Crippen molar-refractivity contribution in [2.75, 3.05) is 5.32 Å². The first-order chi connectivity index (χ1) is 9.13. The molecule has 0 aliphatic carbocycles. The van der Waals surface area contributed by atoms with Crippen LogP contribution < -0.4 is 10.9 Å². The Morgan fingerprint density at radius 2 is 2.37 bits per heavy atom. The Bertz CT molecular complexity index is 593. The van der Waals surface area contributed by atoms with E-state index >= 15 is 0 Å². The van der Waals surface area contributed by atoms with Crippen molar-refractivity contribution in [3.8, 4) is 0 Å². The number of rotatable bonds is 5. The van der Waals surface area contributed by atoms with Gasteiger partial charge in [-0.1, -0.05) is 6.92 Å². The van der Waals surface area contributed by atoms with E-state index in [4.69, 9.17) is 0 Å². The van der Waals surface area contributed by atoms with Crippen molar-refractivity contribution in [1.82, 2.24) is 19.7 Å². The van der Waals surface area contributed by atoms with Crippen LogP contribution >= 0.6 is 15.9 Å². The molecule has 6 nitrogen and oxygen atoms in total. The molecule has 0 saturated carbocycles. The molecule has 1 unspecified atom stereocenters. The average molecular weight is 326 g/mol. The first kappa shape index (κ1) is 13.8. The number of aromatic amines is 1. The molecule has 2 aromatic heterocycles. The summed E-state index contributed by atoms with van der Waals surface area (Å²) in [6, 6.07) is -0.0328. The second-order valence-corrected chi connectivity index (χ2v) is 5.03. The zero-order valence-corrected chi connectivity index (χ0v) is 12.4. The number of aromatic nitrogens is 4.